The number of para-hydroxylation sites is 1. The number of rotatable bonds is 4. The third-order valence-corrected chi connectivity index (χ3v) is 3.06. The lowest BCUT2D eigenvalue weighted by Gasteiger charge is -2.06. The van der Waals surface area contributed by atoms with E-state index >= 15 is 0 Å². The van der Waals surface area contributed by atoms with Gasteiger partial charge in [-0.2, -0.15) is 0 Å². The van der Waals surface area contributed by atoms with Crippen LogP contribution in [-0.2, 0) is 0 Å². The van der Waals surface area contributed by atoms with Crippen molar-refractivity contribution in [1.82, 2.24) is 14.8 Å². The van der Waals surface area contributed by atoms with Gasteiger partial charge in [0.05, 0.1) is 0 Å². The highest BCUT2D eigenvalue weighted by Crippen LogP contribution is 2.21. The van der Waals surface area contributed by atoms with Crippen LogP contribution in [0, 0.1) is 6.92 Å². The number of aromatic nitrogens is 3. The van der Waals surface area contributed by atoms with Crippen molar-refractivity contribution < 1.29 is 0 Å². The zero-order chi connectivity index (χ0) is 11.4. The molecule has 0 radical (unpaired) electrons. The molecule has 2 rings (SSSR count). The van der Waals surface area contributed by atoms with Crippen molar-refractivity contribution in [2.24, 2.45) is 0 Å². The summed E-state index contributed by atoms with van der Waals surface area (Å²) in [6.45, 7) is 5.66. The van der Waals surface area contributed by atoms with Gasteiger partial charge in [0, 0.05) is 11.4 Å². The molecule has 1 heterocycles. The molecule has 0 bridgehead atoms. The number of thioether (sulfide) groups is 1. The van der Waals surface area contributed by atoms with E-state index in [1.54, 1.807) is 11.8 Å². The lowest BCUT2D eigenvalue weighted by atomic mass is 10.3. The first kappa shape index (κ1) is 11.0. The molecule has 4 heteroatoms. The van der Waals surface area contributed by atoms with Crippen LogP contribution in [0.25, 0.3) is 5.69 Å². The summed E-state index contributed by atoms with van der Waals surface area (Å²) in [4.78, 5) is 0. The van der Waals surface area contributed by atoms with Crippen LogP contribution in [-0.4, -0.2) is 20.5 Å². The third kappa shape index (κ3) is 2.17. The van der Waals surface area contributed by atoms with Crippen LogP contribution in [0.15, 0.2) is 48.1 Å². The number of hydrogen-bond donors (Lipinski definition) is 0. The molecule has 1 aromatic heterocycles. The van der Waals surface area contributed by atoms with Crippen LogP contribution in [0.3, 0.4) is 0 Å². The topological polar surface area (TPSA) is 30.7 Å². The smallest absolute Gasteiger partial charge is 0.196 e. The number of hydrogen-bond acceptors (Lipinski definition) is 3. The van der Waals surface area contributed by atoms with E-state index in [1.807, 2.05) is 47.9 Å². The molecule has 0 saturated heterocycles. The Morgan fingerprint density at radius 2 is 2.06 bits per heavy atom. The maximum atomic E-state index is 4.16. The van der Waals surface area contributed by atoms with Gasteiger partial charge in [-0.15, -0.1) is 16.8 Å². The Kier molecular flexibility index (Phi) is 3.41. The minimum atomic E-state index is 0.838. The van der Waals surface area contributed by atoms with Gasteiger partial charge in [0.2, 0.25) is 0 Å². The van der Waals surface area contributed by atoms with Crippen LogP contribution < -0.4 is 0 Å². The second-order valence-electron chi connectivity index (χ2n) is 3.30. The highest BCUT2D eigenvalue weighted by Gasteiger charge is 2.09. The SMILES string of the molecule is C=CCSc1nnc(C)n1-c1ccccc1. The van der Waals surface area contributed by atoms with Crippen LogP contribution >= 0.6 is 11.8 Å². The molecule has 0 saturated carbocycles. The van der Waals surface area contributed by atoms with E-state index in [9.17, 15) is 0 Å². The molecular weight excluding hydrogens is 218 g/mol. The van der Waals surface area contributed by atoms with E-state index in [1.165, 1.54) is 0 Å². The maximum absolute atomic E-state index is 4.16. The normalized spacial score (nSPS) is 10.3. The minimum absolute atomic E-state index is 0.838. The summed E-state index contributed by atoms with van der Waals surface area (Å²) in [5.41, 5.74) is 1.09. The molecule has 0 aliphatic rings. The Balaban J connectivity index is 2.39. The van der Waals surface area contributed by atoms with Gasteiger partial charge in [0.25, 0.3) is 0 Å². The number of benzene rings is 1. The molecule has 0 aliphatic carbocycles. The van der Waals surface area contributed by atoms with Crippen LogP contribution in [0.1, 0.15) is 5.82 Å². The van der Waals surface area contributed by atoms with Gasteiger partial charge < -0.3 is 0 Å². The third-order valence-electron chi connectivity index (χ3n) is 2.14. The average Bonchev–Trinajstić information content (AvgIpc) is 2.69. The summed E-state index contributed by atoms with van der Waals surface area (Å²) >= 11 is 1.63. The zero-order valence-electron chi connectivity index (χ0n) is 9.13. The van der Waals surface area contributed by atoms with Gasteiger partial charge >= 0.3 is 0 Å². The summed E-state index contributed by atoms with van der Waals surface area (Å²) in [5.74, 6) is 1.74. The predicted octanol–water partition coefficient (Wildman–Crippen LogP) is 2.85. The minimum Gasteiger partial charge on any atom is -0.274 e. The van der Waals surface area contributed by atoms with Crippen molar-refractivity contribution in [3.63, 3.8) is 0 Å². The predicted molar refractivity (Wildman–Crippen MR) is 67.0 cm³/mol. The molecule has 0 fully saturated rings. The molecule has 0 atom stereocenters. The Morgan fingerprint density at radius 1 is 1.31 bits per heavy atom. The zero-order valence-corrected chi connectivity index (χ0v) is 9.94. The van der Waals surface area contributed by atoms with Crippen LogP contribution in [0.5, 0.6) is 0 Å². The van der Waals surface area contributed by atoms with Crippen molar-refractivity contribution in [2.45, 2.75) is 12.1 Å². The molecule has 0 unspecified atom stereocenters. The first-order chi connectivity index (χ1) is 7.83. The molecular formula is C12H13N3S. The van der Waals surface area contributed by atoms with Gasteiger partial charge in [-0.3, -0.25) is 4.57 Å². The molecule has 2 aromatic rings. The van der Waals surface area contributed by atoms with E-state index in [0.717, 1.165) is 22.4 Å². The van der Waals surface area contributed by atoms with Crippen LogP contribution in [0.2, 0.25) is 0 Å². The first-order valence-corrected chi connectivity index (χ1v) is 6.02. The molecule has 0 amide bonds. The lowest BCUT2D eigenvalue weighted by molar-refractivity contribution is 0.870. The summed E-state index contributed by atoms with van der Waals surface area (Å²) < 4.78 is 2.05. The molecule has 1 aromatic carbocycles. The summed E-state index contributed by atoms with van der Waals surface area (Å²) in [6, 6.07) is 10.1. The van der Waals surface area contributed by atoms with E-state index in [4.69, 9.17) is 0 Å². The quantitative estimate of drug-likeness (QED) is 0.599. The summed E-state index contributed by atoms with van der Waals surface area (Å²) in [7, 11) is 0. The molecule has 16 heavy (non-hydrogen) atoms. The number of nitrogens with zero attached hydrogens (tertiary/aromatic N) is 3. The van der Waals surface area contributed by atoms with Gasteiger partial charge in [0.1, 0.15) is 5.82 Å². The van der Waals surface area contributed by atoms with Gasteiger partial charge in [0.15, 0.2) is 5.16 Å². The molecule has 0 aliphatic heterocycles. The van der Waals surface area contributed by atoms with Crippen LogP contribution in [0.4, 0.5) is 0 Å². The van der Waals surface area contributed by atoms with E-state index in [0.29, 0.717) is 0 Å². The van der Waals surface area contributed by atoms with Gasteiger partial charge in [-0.05, 0) is 19.1 Å². The monoisotopic (exact) mass is 231 g/mol. The van der Waals surface area contributed by atoms with Crippen molar-refractivity contribution in [1.29, 1.82) is 0 Å². The summed E-state index contributed by atoms with van der Waals surface area (Å²) in [5, 5.41) is 9.17. The molecule has 0 spiro atoms. The van der Waals surface area contributed by atoms with E-state index in [-0.39, 0.29) is 0 Å². The van der Waals surface area contributed by atoms with Crippen molar-refractivity contribution in [3.8, 4) is 5.69 Å². The van der Waals surface area contributed by atoms with E-state index < -0.39 is 0 Å². The Labute approximate surface area is 99.2 Å². The highest BCUT2D eigenvalue weighted by molar-refractivity contribution is 7.99. The first-order valence-electron chi connectivity index (χ1n) is 5.04. The highest BCUT2D eigenvalue weighted by atomic mass is 32.2. The Hall–Kier alpha value is -1.55. The maximum Gasteiger partial charge on any atom is 0.196 e. The standard InChI is InChI=1S/C12H13N3S/c1-3-9-16-12-14-13-10(2)15(12)11-7-5-4-6-8-11/h3-8H,1,9H2,2H3. The van der Waals surface area contributed by atoms with Crippen molar-refractivity contribution in [2.75, 3.05) is 5.75 Å². The molecule has 3 nitrogen and oxygen atoms in total. The fourth-order valence-corrected chi connectivity index (χ4v) is 2.18. The fourth-order valence-electron chi connectivity index (χ4n) is 1.44. The second-order valence-corrected chi connectivity index (χ2v) is 4.29. The molecule has 0 N–H and O–H groups in total. The largest absolute Gasteiger partial charge is 0.274 e. The van der Waals surface area contributed by atoms with Gasteiger partial charge in [-0.25, -0.2) is 0 Å². The van der Waals surface area contributed by atoms with E-state index in [2.05, 4.69) is 16.8 Å². The van der Waals surface area contributed by atoms with Gasteiger partial charge in [-0.1, -0.05) is 36.0 Å². The number of aryl methyl sites for hydroxylation is 1. The molecule has 82 valence electrons. The van der Waals surface area contributed by atoms with Crippen molar-refractivity contribution >= 4 is 11.8 Å². The Bertz CT molecular complexity index is 476. The fraction of sp³-hybridized carbons (Fsp3) is 0.167. The average molecular weight is 231 g/mol. The summed E-state index contributed by atoms with van der Waals surface area (Å²) in [6.07, 6.45) is 1.87. The lowest BCUT2D eigenvalue weighted by Crippen LogP contribution is -1.98. The Morgan fingerprint density at radius 3 is 2.75 bits per heavy atom. The van der Waals surface area contributed by atoms with Crippen molar-refractivity contribution in [3.05, 3.63) is 48.8 Å². The second kappa shape index (κ2) is 4.99.